The van der Waals surface area contributed by atoms with Crippen LogP contribution in [-0.4, -0.2) is 15.0 Å². The fraction of sp³-hybridized carbons (Fsp3) is 0. The summed E-state index contributed by atoms with van der Waals surface area (Å²) < 4.78 is 2.46. The summed E-state index contributed by atoms with van der Waals surface area (Å²) in [5.74, 6) is 1.96. The van der Waals surface area contributed by atoms with Crippen LogP contribution < -0.4 is 0 Å². The Balaban J connectivity index is 1.03. The van der Waals surface area contributed by atoms with Gasteiger partial charge in [-0.1, -0.05) is 164 Å². The molecule has 256 valence electrons. The molecule has 3 nitrogen and oxygen atoms in total. The zero-order valence-corrected chi connectivity index (χ0v) is 30.5. The fourth-order valence-electron chi connectivity index (χ4n) is 8.07. The molecule has 0 atom stereocenters. The molecule has 2 heterocycles. The Labute approximate surface area is 321 Å². The highest BCUT2D eigenvalue weighted by atomic mass is 32.1. The van der Waals surface area contributed by atoms with E-state index in [1.54, 1.807) is 0 Å². The van der Waals surface area contributed by atoms with Crippen molar-refractivity contribution in [3.63, 3.8) is 0 Å². The predicted molar refractivity (Wildman–Crippen MR) is 232 cm³/mol. The lowest BCUT2D eigenvalue weighted by Crippen LogP contribution is -2.01. The molecule has 11 aromatic rings. The summed E-state index contributed by atoms with van der Waals surface area (Å²) in [5.41, 5.74) is 7.52. The van der Waals surface area contributed by atoms with E-state index < -0.39 is 0 Å². The second-order valence-electron chi connectivity index (χ2n) is 14.0. The van der Waals surface area contributed by atoms with Crippen molar-refractivity contribution >= 4 is 63.8 Å². The van der Waals surface area contributed by atoms with Crippen LogP contribution in [0.25, 0.3) is 109 Å². The summed E-state index contributed by atoms with van der Waals surface area (Å²) in [6, 6.07) is 66.9. The van der Waals surface area contributed by atoms with Gasteiger partial charge in [0.05, 0.1) is 0 Å². The van der Waals surface area contributed by atoms with Crippen molar-refractivity contribution < 1.29 is 0 Å². The molecule has 9 aromatic carbocycles. The van der Waals surface area contributed by atoms with E-state index >= 15 is 0 Å². The summed E-state index contributed by atoms with van der Waals surface area (Å²) in [4.78, 5) is 15.3. The first kappa shape index (κ1) is 31.5. The van der Waals surface area contributed by atoms with Crippen LogP contribution in [0.1, 0.15) is 0 Å². The van der Waals surface area contributed by atoms with Crippen molar-refractivity contribution in [3.05, 3.63) is 188 Å². The molecule has 0 radical (unpaired) electrons. The highest BCUT2D eigenvalue weighted by Gasteiger charge is 2.17. The molecule has 0 saturated heterocycles. The van der Waals surface area contributed by atoms with Gasteiger partial charge in [0.1, 0.15) is 0 Å². The molecule has 0 aliphatic heterocycles. The summed E-state index contributed by atoms with van der Waals surface area (Å²) in [6.45, 7) is 0. The molecule has 4 heteroatoms. The van der Waals surface area contributed by atoms with Gasteiger partial charge in [0, 0.05) is 36.9 Å². The molecule has 0 bridgehead atoms. The van der Waals surface area contributed by atoms with Crippen molar-refractivity contribution in [2.75, 3.05) is 0 Å². The first-order valence-corrected chi connectivity index (χ1v) is 19.3. The summed E-state index contributed by atoms with van der Waals surface area (Å²) in [7, 11) is 0. The van der Waals surface area contributed by atoms with Gasteiger partial charge in [-0.15, -0.1) is 11.3 Å². The maximum Gasteiger partial charge on any atom is 0.164 e. The summed E-state index contributed by atoms with van der Waals surface area (Å²) >= 11 is 1.81. The maximum absolute atomic E-state index is 5.15. The molecular formula is C51H31N3S. The van der Waals surface area contributed by atoms with E-state index in [1.165, 1.54) is 63.6 Å². The van der Waals surface area contributed by atoms with Crippen LogP contribution in [0, 0.1) is 0 Å². The van der Waals surface area contributed by atoms with Crippen molar-refractivity contribution in [3.8, 4) is 56.4 Å². The number of aromatic nitrogens is 3. The number of nitrogens with zero attached hydrogens (tertiary/aromatic N) is 3. The average Bonchev–Trinajstić information content (AvgIpc) is 3.64. The van der Waals surface area contributed by atoms with E-state index in [9.17, 15) is 0 Å². The van der Waals surface area contributed by atoms with E-state index in [-0.39, 0.29) is 0 Å². The van der Waals surface area contributed by atoms with E-state index in [2.05, 4.69) is 158 Å². The number of hydrogen-bond acceptors (Lipinski definition) is 4. The lowest BCUT2D eigenvalue weighted by atomic mass is 9.92. The topological polar surface area (TPSA) is 38.7 Å². The minimum absolute atomic E-state index is 0.653. The Bertz CT molecular complexity index is 3220. The first-order valence-electron chi connectivity index (χ1n) is 18.5. The normalized spacial score (nSPS) is 11.6. The van der Waals surface area contributed by atoms with Gasteiger partial charge in [-0.3, -0.25) is 0 Å². The number of thiophene rings is 1. The van der Waals surface area contributed by atoms with Gasteiger partial charge in [0.15, 0.2) is 17.5 Å². The van der Waals surface area contributed by atoms with Crippen molar-refractivity contribution in [1.29, 1.82) is 0 Å². The molecule has 0 aliphatic rings. The molecule has 0 unspecified atom stereocenters. The Hall–Kier alpha value is -7.01. The van der Waals surface area contributed by atoms with E-state index in [0.29, 0.717) is 17.5 Å². The Morgan fingerprint density at radius 2 is 0.727 bits per heavy atom. The Kier molecular flexibility index (Phi) is 7.35. The zero-order valence-electron chi connectivity index (χ0n) is 29.6. The van der Waals surface area contributed by atoms with Crippen LogP contribution in [0.3, 0.4) is 0 Å². The number of fused-ring (bicyclic) bond motifs is 9. The zero-order chi connectivity index (χ0) is 36.3. The van der Waals surface area contributed by atoms with Crippen LogP contribution >= 0.6 is 11.3 Å². The van der Waals surface area contributed by atoms with Crippen LogP contribution in [0.15, 0.2) is 188 Å². The summed E-state index contributed by atoms with van der Waals surface area (Å²) in [5, 5.41) is 10.2. The second kappa shape index (κ2) is 12.8. The van der Waals surface area contributed by atoms with Gasteiger partial charge >= 0.3 is 0 Å². The third-order valence-corrected chi connectivity index (χ3v) is 11.9. The first-order chi connectivity index (χ1) is 27.2. The fourth-order valence-corrected chi connectivity index (χ4v) is 9.20. The van der Waals surface area contributed by atoms with Crippen LogP contribution in [-0.2, 0) is 0 Å². The Morgan fingerprint density at radius 1 is 0.255 bits per heavy atom. The van der Waals surface area contributed by atoms with Gasteiger partial charge < -0.3 is 0 Å². The lowest BCUT2D eigenvalue weighted by molar-refractivity contribution is 1.07. The molecule has 11 rings (SSSR count). The molecular weight excluding hydrogens is 687 g/mol. The molecule has 0 fully saturated rings. The smallest absolute Gasteiger partial charge is 0.164 e. The third kappa shape index (κ3) is 5.38. The van der Waals surface area contributed by atoms with Crippen molar-refractivity contribution in [2.45, 2.75) is 0 Å². The largest absolute Gasteiger partial charge is 0.208 e. The maximum atomic E-state index is 5.15. The van der Waals surface area contributed by atoms with Crippen molar-refractivity contribution in [2.24, 2.45) is 0 Å². The van der Waals surface area contributed by atoms with Crippen LogP contribution in [0.2, 0.25) is 0 Å². The van der Waals surface area contributed by atoms with Gasteiger partial charge in [0.25, 0.3) is 0 Å². The van der Waals surface area contributed by atoms with Gasteiger partial charge in [-0.25, -0.2) is 15.0 Å². The number of benzene rings is 9. The van der Waals surface area contributed by atoms with Crippen LogP contribution in [0.4, 0.5) is 0 Å². The van der Waals surface area contributed by atoms with Crippen LogP contribution in [0.5, 0.6) is 0 Å². The molecule has 2 aromatic heterocycles. The highest BCUT2D eigenvalue weighted by molar-refractivity contribution is 7.25. The Morgan fingerprint density at radius 3 is 1.42 bits per heavy atom. The monoisotopic (exact) mass is 717 g/mol. The number of hydrogen-bond donors (Lipinski definition) is 0. The minimum Gasteiger partial charge on any atom is -0.208 e. The second-order valence-corrected chi connectivity index (χ2v) is 15.0. The van der Waals surface area contributed by atoms with E-state index in [0.717, 1.165) is 27.8 Å². The average molecular weight is 718 g/mol. The van der Waals surface area contributed by atoms with E-state index in [1.807, 2.05) is 41.7 Å². The van der Waals surface area contributed by atoms with Crippen molar-refractivity contribution in [1.82, 2.24) is 15.0 Å². The predicted octanol–water partition coefficient (Wildman–Crippen LogP) is 14.0. The van der Waals surface area contributed by atoms with Gasteiger partial charge in [0.2, 0.25) is 0 Å². The molecule has 0 aliphatic carbocycles. The molecule has 0 saturated carbocycles. The SMILES string of the molecule is c1ccc(-c2nc(-c3ccc4c(c3)sc3ccc(-c5ccc6c7ccccc7c7ccccc7c6c5)cc34)nc(-c3ccccc3-c3ccccc3)n2)cc1. The quantitative estimate of drug-likeness (QED) is 0.166. The standard InChI is InChI=1S/C51H31N3S/c1-3-13-32(14-4-1)37-17-7-12-22-44(37)51-53-49(33-15-5-2-6-16-33)52-50(54-51)36-24-27-43-46-30-35(25-28-47(46)55-48(43)31-36)34-23-26-42-40-20-9-8-18-38(40)39-19-10-11-21-41(39)45(42)29-34/h1-31H. The summed E-state index contributed by atoms with van der Waals surface area (Å²) in [6.07, 6.45) is 0. The van der Waals surface area contributed by atoms with E-state index in [4.69, 9.17) is 15.0 Å². The molecule has 0 N–H and O–H groups in total. The van der Waals surface area contributed by atoms with Gasteiger partial charge in [-0.2, -0.15) is 0 Å². The molecule has 0 amide bonds. The molecule has 0 spiro atoms. The lowest BCUT2D eigenvalue weighted by Gasteiger charge is -2.12. The molecule has 55 heavy (non-hydrogen) atoms. The number of rotatable bonds is 5. The third-order valence-electron chi connectivity index (χ3n) is 10.7. The van der Waals surface area contributed by atoms with Gasteiger partial charge in [-0.05, 0) is 78.8 Å². The minimum atomic E-state index is 0.653. The highest BCUT2D eigenvalue weighted by Crippen LogP contribution is 2.41.